The minimum absolute atomic E-state index is 0.681. The topological polar surface area (TPSA) is 56.7 Å². The van der Waals surface area contributed by atoms with Crippen LogP contribution in [0.25, 0.3) is 0 Å². The Morgan fingerprint density at radius 1 is 1.46 bits per heavy atom. The number of aromatic nitrogens is 3. The van der Waals surface area contributed by atoms with E-state index < -0.39 is 0 Å². The Hall–Kier alpha value is -0.550. The van der Waals surface area contributed by atoms with Crippen LogP contribution in [0.5, 0.6) is 0 Å². The van der Waals surface area contributed by atoms with Crippen LogP contribution in [0.2, 0.25) is 0 Å². The summed E-state index contributed by atoms with van der Waals surface area (Å²) in [6, 6.07) is 0. The van der Waals surface area contributed by atoms with Crippen molar-refractivity contribution in [3.05, 3.63) is 5.82 Å². The highest BCUT2D eigenvalue weighted by molar-refractivity contribution is 7.99. The minimum Gasteiger partial charge on any atom is -0.330 e. The predicted molar refractivity (Wildman–Crippen MR) is 54.8 cm³/mol. The first-order chi connectivity index (χ1) is 6.29. The van der Waals surface area contributed by atoms with Gasteiger partial charge in [-0.2, -0.15) is 0 Å². The molecule has 0 aliphatic carbocycles. The van der Waals surface area contributed by atoms with E-state index in [1.807, 2.05) is 11.6 Å². The van der Waals surface area contributed by atoms with Gasteiger partial charge in [-0.3, -0.25) is 0 Å². The van der Waals surface area contributed by atoms with Gasteiger partial charge < -0.3 is 10.3 Å². The highest BCUT2D eigenvalue weighted by Gasteiger charge is 2.06. The molecule has 2 N–H and O–H groups in total. The predicted octanol–water partition coefficient (Wildman–Crippen LogP) is 0.818. The Balaban J connectivity index is 2.62. The van der Waals surface area contributed by atoms with Crippen molar-refractivity contribution in [2.24, 2.45) is 12.8 Å². The monoisotopic (exact) mass is 200 g/mol. The molecule has 0 radical (unpaired) electrons. The summed E-state index contributed by atoms with van der Waals surface area (Å²) in [5.41, 5.74) is 5.41. The number of hydrogen-bond donors (Lipinski definition) is 1. The summed E-state index contributed by atoms with van der Waals surface area (Å²) in [6.45, 7) is 2.82. The maximum absolute atomic E-state index is 5.41. The number of hydrogen-bond acceptors (Lipinski definition) is 4. The van der Waals surface area contributed by atoms with Crippen molar-refractivity contribution in [1.29, 1.82) is 0 Å². The molecular formula is C8H16N4S. The molecule has 0 saturated carbocycles. The first-order valence-electron chi connectivity index (χ1n) is 4.50. The van der Waals surface area contributed by atoms with Crippen LogP contribution < -0.4 is 5.73 Å². The SMILES string of the molecule is CCCc1nnc(SCCN)n1C. The molecule has 4 nitrogen and oxygen atoms in total. The number of nitrogens with two attached hydrogens (primary N) is 1. The molecule has 0 unspecified atom stereocenters. The number of thioether (sulfide) groups is 1. The smallest absolute Gasteiger partial charge is 0.190 e. The molecule has 13 heavy (non-hydrogen) atoms. The van der Waals surface area contributed by atoms with E-state index in [1.54, 1.807) is 11.8 Å². The van der Waals surface area contributed by atoms with Gasteiger partial charge in [-0.15, -0.1) is 10.2 Å². The molecule has 0 amide bonds. The molecule has 0 aromatic carbocycles. The fraction of sp³-hybridized carbons (Fsp3) is 0.750. The van der Waals surface area contributed by atoms with E-state index in [0.717, 1.165) is 29.6 Å². The lowest BCUT2D eigenvalue weighted by Crippen LogP contribution is -2.03. The van der Waals surface area contributed by atoms with Crippen molar-refractivity contribution in [1.82, 2.24) is 14.8 Å². The molecule has 1 rings (SSSR count). The highest BCUT2D eigenvalue weighted by Crippen LogP contribution is 2.14. The molecule has 0 spiro atoms. The van der Waals surface area contributed by atoms with Crippen LogP contribution in [-0.4, -0.2) is 27.1 Å². The summed E-state index contributed by atoms with van der Waals surface area (Å²) >= 11 is 1.66. The van der Waals surface area contributed by atoms with Crippen molar-refractivity contribution < 1.29 is 0 Å². The lowest BCUT2D eigenvalue weighted by Gasteiger charge is -2.00. The summed E-state index contributed by atoms with van der Waals surface area (Å²) in [4.78, 5) is 0. The third-order valence-electron chi connectivity index (χ3n) is 1.75. The molecule has 1 aromatic heterocycles. The van der Waals surface area contributed by atoms with E-state index in [0.29, 0.717) is 6.54 Å². The number of aryl methyl sites for hydroxylation is 1. The van der Waals surface area contributed by atoms with Gasteiger partial charge >= 0.3 is 0 Å². The molecule has 0 saturated heterocycles. The van der Waals surface area contributed by atoms with E-state index in [9.17, 15) is 0 Å². The van der Waals surface area contributed by atoms with Gasteiger partial charge in [0.2, 0.25) is 0 Å². The molecule has 5 heteroatoms. The van der Waals surface area contributed by atoms with Crippen molar-refractivity contribution in [2.75, 3.05) is 12.3 Å². The molecule has 0 aliphatic heterocycles. The van der Waals surface area contributed by atoms with Crippen LogP contribution in [0.3, 0.4) is 0 Å². The number of rotatable bonds is 5. The van der Waals surface area contributed by atoms with Crippen molar-refractivity contribution in [3.8, 4) is 0 Å². The zero-order valence-corrected chi connectivity index (χ0v) is 8.97. The van der Waals surface area contributed by atoms with Crippen molar-refractivity contribution >= 4 is 11.8 Å². The van der Waals surface area contributed by atoms with E-state index in [2.05, 4.69) is 17.1 Å². The summed E-state index contributed by atoms with van der Waals surface area (Å²) < 4.78 is 2.05. The number of nitrogens with zero attached hydrogens (tertiary/aromatic N) is 3. The van der Waals surface area contributed by atoms with Gasteiger partial charge in [-0.05, 0) is 6.42 Å². The summed E-state index contributed by atoms with van der Waals surface area (Å²) in [6.07, 6.45) is 2.10. The molecule has 0 aliphatic rings. The Labute approximate surface area is 82.9 Å². The standard InChI is InChI=1S/C8H16N4S/c1-3-4-7-10-11-8(12(7)2)13-6-5-9/h3-6,9H2,1-2H3. The second-order valence-corrected chi connectivity index (χ2v) is 3.91. The zero-order valence-electron chi connectivity index (χ0n) is 8.16. The van der Waals surface area contributed by atoms with Gasteiger partial charge in [0.05, 0.1) is 0 Å². The first kappa shape index (κ1) is 10.5. The quantitative estimate of drug-likeness (QED) is 0.715. The van der Waals surface area contributed by atoms with E-state index in [-0.39, 0.29) is 0 Å². The average Bonchev–Trinajstić information content (AvgIpc) is 2.46. The van der Waals surface area contributed by atoms with Gasteiger partial charge in [0.25, 0.3) is 0 Å². The van der Waals surface area contributed by atoms with Gasteiger partial charge in [0, 0.05) is 25.8 Å². The van der Waals surface area contributed by atoms with Crippen LogP contribution in [0.4, 0.5) is 0 Å². The lowest BCUT2D eigenvalue weighted by atomic mass is 10.3. The van der Waals surface area contributed by atoms with Crippen LogP contribution in [0, 0.1) is 0 Å². The second kappa shape index (κ2) is 5.24. The van der Waals surface area contributed by atoms with Crippen molar-refractivity contribution in [3.63, 3.8) is 0 Å². The minimum atomic E-state index is 0.681. The molecule has 0 atom stereocenters. The van der Waals surface area contributed by atoms with Gasteiger partial charge in [-0.1, -0.05) is 18.7 Å². The molecule has 74 valence electrons. The van der Waals surface area contributed by atoms with Crippen LogP contribution in [0.15, 0.2) is 5.16 Å². The molecular weight excluding hydrogens is 184 g/mol. The Morgan fingerprint density at radius 2 is 2.23 bits per heavy atom. The lowest BCUT2D eigenvalue weighted by molar-refractivity contribution is 0.715. The maximum Gasteiger partial charge on any atom is 0.190 e. The maximum atomic E-state index is 5.41. The van der Waals surface area contributed by atoms with Crippen LogP contribution in [-0.2, 0) is 13.5 Å². The van der Waals surface area contributed by atoms with E-state index >= 15 is 0 Å². The second-order valence-electron chi connectivity index (χ2n) is 2.84. The highest BCUT2D eigenvalue weighted by atomic mass is 32.2. The van der Waals surface area contributed by atoms with Crippen molar-refractivity contribution in [2.45, 2.75) is 24.9 Å². The Kier molecular flexibility index (Phi) is 4.24. The molecule has 0 bridgehead atoms. The third kappa shape index (κ3) is 2.70. The normalized spacial score (nSPS) is 10.7. The summed E-state index contributed by atoms with van der Waals surface area (Å²) in [5, 5.41) is 9.17. The van der Waals surface area contributed by atoms with E-state index in [4.69, 9.17) is 5.73 Å². The third-order valence-corrected chi connectivity index (χ3v) is 2.80. The largest absolute Gasteiger partial charge is 0.330 e. The Bertz CT molecular complexity index is 259. The summed E-state index contributed by atoms with van der Waals surface area (Å²) in [5.74, 6) is 1.96. The van der Waals surface area contributed by atoms with Gasteiger partial charge in [0.15, 0.2) is 5.16 Å². The first-order valence-corrected chi connectivity index (χ1v) is 5.49. The molecule has 1 aromatic rings. The van der Waals surface area contributed by atoms with Crippen LogP contribution >= 0.6 is 11.8 Å². The molecule has 0 fully saturated rings. The van der Waals surface area contributed by atoms with Gasteiger partial charge in [0.1, 0.15) is 5.82 Å². The van der Waals surface area contributed by atoms with Gasteiger partial charge in [-0.25, -0.2) is 0 Å². The van der Waals surface area contributed by atoms with E-state index in [1.165, 1.54) is 0 Å². The zero-order chi connectivity index (χ0) is 9.68. The Morgan fingerprint density at radius 3 is 2.85 bits per heavy atom. The summed E-state index contributed by atoms with van der Waals surface area (Å²) in [7, 11) is 2.00. The average molecular weight is 200 g/mol. The molecule has 1 heterocycles. The van der Waals surface area contributed by atoms with Crippen LogP contribution in [0.1, 0.15) is 19.2 Å². The fourth-order valence-corrected chi connectivity index (χ4v) is 1.76. The fourth-order valence-electron chi connectivity index (χ4n) is 1.06.